The van der Waals surface area contributed by atoms with Crippen molar-refractivity contribution in [1.29, 1.82) is 0 Å². The first-order valence-electron chi connectivity index (χ1n) is 6.35. The first-order valence-corrected chi connectivity index (χ1v) is 9.64. The van der Waals surface area contributed by atoms with Crippen LogP contribution in [0, 0.1) is 0 Å². The van der Waals surface area contributed by atoms with Gasteiger partial charge in [0, 0.05) is 38.9 Å². The van der Waals surface area contributed by atoms with Gasteiger partial charge in [0.25, 0.3) is 10.0 Å². The van der Waals surface area contributed by atoms with Gasteiger partial charge in [0.15, 0.2) is 5.03 Å². The van der Waals surface area contributed by atoms with E-state index in [-0.39, 0.29) is 31.2 Å². The average molecular weight is 334 g/mol. The zero-order valence-corrected chi connectivity index (χ0v) is 13.3. The van der Waals surface area contributed by atoms with Crippen LogP contribution in [0.4, 0.5) is 0 Å². The van der Waals surface area contributed by atoms with Gasteiger partial charge in [0.2, 0.25) is 10.0 Å². The maximum Gasteiger partial charge on any atom is 0.260 e. The van der Waals surface area contributed by atoms with Gasteiger partial charge in [-0.05, 0) is 11.6 Å². The molecule has 0 aliphatic carbocycles. The molecular weight excluding hydrogens is 316 g/mol. The normalized spacial score (nSPS) is 18.8. The lowest BCUT2D eigenvalue weighted by Crippen LogP contribution is -2.50. The van der Waals surface area contributed by atoms with Crippen LogP contribution in [0.3, 0.4) is 0 Å². The molecule has 2 N–H and O–H groups in total. The summed E-state index contributed by atoms with van der Waals surface area (Å²) >= 11 is 0. The molecule has 0 spiro atoms. The third-order valence-electron chi connectivity index (χ3n) is 3.30. The van der Waals surface area contributed by atoms with Crippen molar-refractivity contribution in [2.75, 3.05) is 32.4 Å². The molecule has 1 aliphatic heterocycles. The Labute approximate surface area is 124 Å². The fourth-order valence-electron chi connectivity index (χ4n) is 2.06. The minimum Gasteiger partial charge on any atom is -0.326 e. The van der Waals surface area contributed by atoms with Gasteiger partial charge in [-0.1, -0.05) is 6.07 Å². The number of aromatic nitrogens is 1. The van der Waals surface area contributed by atoms with Crippen LogP contribution >= 0.6 is 0 Å². The first-order chi connectivity index (χ1) is 9.75. The number of hydrogen-bond donors (Lipinski definition) is 1. The Balaban J connectivity index is 2.14. The Hall–Kier alpha value is -1.07. The monoisotopic (exact) mass is 334 g/mol. The van der Waals surface area contributed by atoms with Crippen molar-refractivity contribution in [2.24, 2.45) is 5.73 Å². The molecule has 1 aromatic heterocycles. The second kappa shape index (κ2) is 5.97. The molecule has 0 radical (unpaired) electrons. The molecule has 118 valence electrons. The standard InChI is InChI=1S/C11H18N4O4S2/c1-20(16,17)14-4-6-15(7-5-14)21(18,19)11-3-2-10(8-12)9-13-11/h2-3,9H,4-8,12H2,1H3. The summed E-state index contributed by atoms with van der Waals surface area (Å²) in [5.74, 6) is 0. The third-order valence-corrected chi connectivity index (χ3v) is 6.42. The largest absolute Gasteiger partial charge is 0.326 e. The minimum atomic E-state index is -3.70. The van der Waals surface area contributed by atoms with Gasteiger partial charge in [0.05, 0.1) is 6.26 Å². The van der Waals surface area contributed by atoms with E-state index in [1.54, 1.807) is 6.07 Å². The van der Waals surface area contributed by atoms with Gasteiger partial charge in [-0.2, -0.15) is 8.61 Å². The maximum atomic E-state index is 12.4. The highest BCUT2D eigenvalue weighted by atomic mass is 32.2. The van der Waals surface area contributed by atoms with Crippen molar-refractivity contribution >= 4 is 20.0 Å². The topological polar surface area (TPSA) is 114 Å². The van der Waals surface area contributed by atoms with Crippen LogP contribution in [0.25, 0.3) is 0 Å². The van der Waals surface area contributed by atoms with E-state index in [4.69, 9.17) is 5.73 Å². The SMILES string of the molecule is CS(=O)(=O)N1CCN(S(=O)(=O)c2ccc(CN)cn2)CC1. The van der Waals surface area contributed by atoms with Gasteiger partial charge in [-0.25, -0.2) is 21.8 Å². The van der Waals surface area contributed by atoms with E-state index in [9.17, 15) is 16.8 Å². The van der Waals surface area contributed by atoms with Crippen molar-refractivity contribution in [3.8, 4) is 0 Å². The zero-order chi connectivity index (χ0) is 15.7. The van der Waals surface area contributed by atoms with Crippen LogP contribution in [0.15, 0.2) is 23.4 Å². The lowest BCUT2D eigenvalue weighted by molar-refractivity contribution is 0.273. The molecular formula is C11H18N4O4S2. The Kier molecular flexibility index (Phi) is 4.63. The molecule has 1 saturated heterocycles. The molecule has 0 bridgehead atoms. The quantitative estimate of drug-likeness (QED) is 0.740. The van der Waals surface area contributed by atoms with Gasteiger partial charge in [-0.3, -0.25) is 0 Å². The average Bonchev–Trinajstić information content (AvgIpc) is 2.46. The summed E-state index contributed by atoms with van der Waals surface area (Å²) < 4.78 is 50.2. The molecule has 8 nitrogen and oxygen atoms in total. The smallest absolute Gasteiger partial charge is 0.260 e. The van der Waals surface area contributed by atoms with E-state index in [1.807, 2.05) is 0 Å². The summed E-state index contributed by atoms with van der Waals surface area (Å²) in [4.78, 5) is 3.92. The Morgan fingerprint density at radius 3 is 2.10 bits per heavy atom. The number of pyridine rings is 1. The number of rotatable bonds is 4. The van der Waals surface area contributed by atoms with Crippen LogP contribution in [-0.4, -0.2) is 62.9 Å². The number of sulfonamides is 2. The molecule has 0 atom stereocenters. The number of hydrogen-bond acceptors (Lipinski definition) is 6. The third kappa shape index (κ3) is 3.58. The number of nitrogens with two attached hydrogens (primary N) is 1. The zero-order valence-electron chi connectivity index (χ0n) is 11.6. The highest BCUT2D eigenvalue weighted by Gasteiger charge is 2.31. The van der Waals surface area contributed by atoms with Gasteiger partial charge in [0.1, 0.15) is 0 Å². The second-order valence-electron chi connectivity index (χ2n) is 4.77. The van der Waals surface area contributed by atoms with Gasteiger partial charge >= 0.3 is 0 Å². The molecule has 0 aromatic carbocycles. The Bertz CT molecular complexity index is 692. The van der Waals surface area contributed by atoms with E-state index in [2.05, 4.69) is 4.98 Å². The molecule has 1 aromatic rings. The molecule has 0 saturated carbocycles. The lowest BCUT2D eigenvalue weighted by atomic mass is 10.3. The molecule has 10 heteroatoms. The lowest BCUT2D eigenvalue weighted by Gasteiger charge is -2.32. The van der Waals surface area contributed by atoms with Gasteiger partial charge in [-0.15, -0.1) is 0 Å². The fourth-order valence-corrected chi connectivity index (χ4v) is 4.22. The molecule has 0 unspecified atom stereocenters. The summed E-state index contributed by atoms with van der Waals surface area (Å²) in [6, 6.07) is 3.03. The van der Waals surface area contributed by atoms with E-state index >= 15 is 0 Å². The molecule has 2 rings (SSSR count). The van der Waals surface area contributed by atoms with Crippen LogP contribution in [-0.2, 0) is 26.6 Å². The molecule has 1 fully saturated rings. The predicted molar refractivity (Wildman–Crippen MR) is 77.3 cm³/mol. The van der Waals surface area contributed by atoms with Gasteiger partial charge < -0.3 is 5.73 Å². The molecule has 0 amide bonds. The van der Waals surface area contributed by atoms with E-state index in [1.165, 1.54) is 20.9 Å². The Morgan fingerprint density at radius 2 is 1.67 bits per heavy atom. The first kappa shape index (κ1) is 16.3. The summed E-state index contributed by atoms with van der Waals surface area (Å²) in [5, 5.41) is -0.0486. The summed E-state index contributed by atoms with van der Waals surface area (Å²) in [6.07, 6.45) is 2.55. The van der Waals surface area contributed by atoms with Crippen molar-refractivity contribution < 1.29 is 16.8 Å². The van der Waals surface area contributed by atoms with E-state index < -0.39 is 20.0 Å². The molecule has 1 aliphatic rings. The van der Waals surface area contributed by atoms with Crippen LogP contribution in [0.2, 0.25) is 0 Å². The highest BCUT2D eigenvalue weighted by Crippen LogP contribution is 2.17. The van der Waals surface area contributed by atoms with Crippen molar-refractivity contribution in [1.82, 2.24) is 13.6 Å². The van der Waals surface area contributed by atoms with Crippen LogP contribution < -0.4 is 5.73 Å². The fraction of sp³-hybridized carbons (Fsp3) is 0.545. The summed E-state index contributed by atoms with van der Waals surface area (Å²) in [7, 11) is -6.98. The van der Waals surface area contributed by atoms with Crippen molar-refractivity contribution in [3.05, 3.63) is 23.9 Å². The van der Waals surface area contributed by atoms with Crippen molar-refractivity contribution in [2.45, 2.75) is 11.6 Å². The van der Waals surface area contributed by atoms with E-state index in [0.29, 0.717) is 6.54 Å². The molecule has 2 heterocycles. The summed E-state index contributed by atoms with van der Waals surface area (Å²) in [6.45, 7) is 0.837. The van der Waals surface area contributed by atoms with E-state index in [0.717, 1.165) is 11.8 Å². The Morgan fingerprint density at radius 1 is 1.10 bits per heavy atom. The predicted octanol–water partition coefficient (Wildman–Crippen LogP) is -1.19. The van der Waals surface area contributed by atoms with Crippen molar-refractivity contribution in [3.63, 3.8) is 0 Å². The van der Waals surface area contributed by atoms with Crippen LogP contribution in [0.1, 0.15) is 5.56 Å². The number of nitrogens with zero attached hydrogens (tertiary/aromatic N) is 3. The summed E-state index contributed by atoms with van der Waals surface area (Å²) in [5.41, 5.74) is 6.19. The number of piperazine rings is 1. The highest BCUT2D eigenvalue weighted by molar-refractivity contribution is 7.89. The minimum absolute atomic E-state index is 0.0486. The van der Waals surface area contributed by atoms with Crippen LogP contribution in [0.5, 0.6) is 0 Å². The molecule has 21 heavy (non-hydrogen) atoms. The maximum absolute atomic E-state index is 12.4. The second-order valence-corrected chi connectivity index (χ2v) is 8.64.